The Morgan fingerprint density at radius 1 is 1.07 bits per heavy atom. The van der Waals surface area contributed by atoms with Crippen LogP contribution in [0.25, 0.3) is 0 Å². The molecule has 0 amide bonds. The van der Waals surface area contributed by atoms with Crippen LogP contribution >= 0.6 is 0 Å². The van der Waals surface area contributed by atoms with E-state index >= 15 is 0 Å². The first-order valence-electron chi connectivity index (χ1n) is 6.21. The van der Waals surface area contributed by atoms with E-state index < -0.39 is 0 Å². The van der Waals surface area contributed by atoms with Crippen molar-refractivity contribution >= 4 is 0 Å². The van der Waals surface area contributed by atoms with Gasteiger partial charge in [0.25, 0.3) is 0 Å². The van der Waals surface area contributed by atoms with E-state index in [0.29, 0.717) is 17.0 Å². The summed E-state index contributed by atoms with van der Waals surface area (Å²) in [5.74, 6) is 0.816. The molecular weight excluding hydrogens is 184 g/mol. The third kappa shape index (κ3) is 1.83. The van der Waals surface area contributed by atoms with Gasteiger partial charge in [-0.25, -0.2) is 0 Å². The third-order valence-corrected chi connectivity index (χ3v) is 4.09. The topological polar surface area (TPSA) is 15.3 Å². The number of likely N-dealkylation sites (tertiary alicyclic amines) is 1. The van der Waals surface area contributed by atoms with E-state index in [0.717, 1.165) is 12.0 Å². The highest BCUT2D eigenvalue weighted by Gasteiger charge is 2.53. The molecule has 2 aliphatic rings. The summed E-state index contributed by atoms with van der Waals surface area (Å²) in [6, 6.07) is 1.46. The fourth-order valence-electron chi connectivity index (χ4n) is 3.58. The van der Waals surface area contributed by atoms with Crippen molar-refractivity contribution < 1.29 is 0 Å². The summed E-state index contributed by atoms with van der Waals surface area (Å²) in [6.45, 7) is 16.6. The fourth-order valence-corrected chi connectivity index (χ4v) is 3.58. The molecule has 2 aliphatic heterocycles. The largest absolute Gasteiger partial charge is 0.311 e. The van der Waals surface area contributed by atoms with Crippen molar-refractivity contribution in [1.29, 1.82) is 0 Å². The van der Waals surface area contributed by atoms with Crippen LogP contribution in [0.15, 0.2) is 0 Å². The molecule has 0 saturated carbocycles. The molecule has 2 heterocycles. The zero-order chi connectivity index (χ0) is 11.4. The van der Waals surface area contributed by atoms with E-state index in [1.54, 1.807) is 0 Å². The van der Waals surface area contributed by atoms with Gasteiger partial charge in [0.05, 0.1) is 0 Å². The highest BCUT2D eigenvalue weighted by Crippen LogP contribution is 2.44. The minimum Gasteiger partial charge on any atom is -0.311 e. The molecule has 1 unspecified atom stereocenters. The highest BCUT2D eigenvalue weighted by molar-refractivity contribution is 5.10. The molecule has 1 N–H and O–H groups in total. The van der Waals surface area contributed by atoms with Crippen LogP contribution < -0.4 is 5.32 Å². The van der Waals surface area contributed by atoms with Gasteiger partial charge in [0.15, 0.2) is 0 Å². The molecule has 2 saturated heterocycles. The molecule has 0 aromatic heterocycles. The van der Waals surface area contributed by atoms with E-state index in [1.165, 1.54) is 13.1 Å². The summed E-state index contributed by atoms with van der Waals surface area (Å²) < 4.78 is 0. The molecule has 2 rings (SSSR count). The van der Waals surface area contributed by atoms with Crippen molar-refractivity contribution in [3.8, 4) is 0 Å². The second kappa shape index (κ2) is 3.21. The molecule has 0 spiro atoms. The SMILES string of the molecule is CC(C)(C)C1[C@@H]2CN(C(C)(C)C)[C@H]1CN2. The molecular formula is C13H26N2. The normalized spacial score (nSPS) is 37.6. The van der Waals surface area contributed by atoms with E-state index in [2.05, 4.69) is 51.8 Å². The summed E-state index contributed by atoms with van der Waals surface area (Å²) >= 11 is 0. The number of fused-ring (bicyclic) bond motifs is 2. The number of piperazine rings is 1. The third-order valence-electron chi connectivity index (χ3n) is 4.09. The number of nitrogens with zero attached hydrogens (tertiary/aromatic N) is 1. The number of rotatable bonds is 0. The predicted molar refractivity (Wildman–Crippen MR) is 65.0 cm³/mol. The summed E-state index contributed by atoms with van der Waals surface area (Å²) in [5, 5.41) is 3.67. The number of nitrogens with one attached hydrogen (secondary N) is 1. The van der Waals surface area contributed by atoms with Crippen molar-refractivity contribution in [2.75, 3.05) is 13.1 Å². The quantitative estimate of drug-likeness (QED) is 0.659. The molecule has 3 atom stereocenters. The molecule has 2 bridgehead atoms. The highest BCUT2D eigenvalue weighted by atomic mass is 15.3. The monoisotopic (exact) mass is 210 g/mol. The maximum absolute atomic E-state index is 3.67. The second-order valence-corrected chi connectivity index (χ2v) is 7.30. The molecule has 15 heavy (non-hydrogen) atoms. The first-order chi connectivity index (χ1) is 6.71. The Morgan fingerprint density at radius 3 is 2.00 bits per heavy atom. The summed E-state index contributed by atoms with van der Waals surface area (Å²) in [7, 11) is 0. The van der Waals surface area contributed by atoms with Gasteiger partial charge in [-0.2, -0.15) is 0 Å². The molecule has 88 valence electrons. The summed E-state index contributed by atoms with van der Waals surface area (Å²) in [5.41, 5.74) is 0.754. The van der Waals surface area contributed by atoms with Crippen LogP contribution in [0.3, 0.4) is 0 Å². The lowest BCUT2D eigenvalue weighted by Crippen LogP contribution is -2.52. The van der Waals surface area contributed by atoms with Crippen molar-refractivity contribution in [3.05, 3.63) is 0 Å². The minimum absolute atomic E-state index is 0.324. The van der Waals surface area contributed by atoms with Crippen LogP contribution in [0.5, 0.6) is 0 Å². The van der Waals surface area contributed by atoms with Crippen LogP contribution in [-0.4, -0.2) is 35.6 Å². The van der Waals surface area contributed by atoms with Crippen molar-refractivity contribution in [2.45, 2.75) is 59.2 Å². The molecule has 0 aromatic carbocycles. The van der Waals surface area contributed by atoms with Crippen LogP contribution in [0.1, 0.15) is 41.5 Å². The maximum atomic E-state index is 3.67. The van der Waals surface area contributed by atoms with Crippen LogP contribution in [0.4, 0.5) is 0 Å². The molecule has 2 nitrogen and oxygen atoms in total. The standard InChI is InChI=1S/C13H26N2/c1-12(2,3)11-9-8-15(13(4,5)6)10(11)7-14-9/h9-11,14H,7-8H2,1-6H3/t9-,10-,11?/m0/s1. The van der Waals surface area contributed by atoms with Crippen LogP contribution in [-0.2, 0) is 0 Å². The summed E-state index contributed by atoms with van der Waals surface area (Å²) in [4.78, 5) is 2.70. The number of hydrogen-bond acceptors (Lipinski definition) is 2. The molecule has 2 fully saturated rings. The van der Waals surface area contributed by atoms with Gasteiger partial charge in [0.1, 0.15) is 0 Å². The van der Waals surface area contributed by atoms with E-state index in [-0.39, 0.29) is 0 Å². The lowest BCUT2D eigenvalue weighted by Gasteiger charge is -2.40. The van der Waals surface area contributed by atoms with Gasteiger partial charge >= 0.3 is 0 Å². The number of hydrogen-bond donors (Lipinski definition) is 1. The van der Waals surface area contributed by atoms with Gasteiger partial charge in [0, 0.05) is 30.7 Å². The van der Waals surface area contributed by atoms with Gasteiger partial charge in [-0.15, -0.1) is 0 Å². The first-order valence-corrected chi connectivity index (χ1v) is 6.21. The first kappa shape index (κ1) is 11.4. The smallest absolute Gasteiger partial charge is 0.0275 e. The molecule has 2 heteroatoms. The van der Waals surface area contributed by atoms with Crippen LogP contribution in [0.2, 0.25) is 0 Å². The Hall–Kier alpha value is -0.0800. The van der Waals surface area contributed by atoms with Crippen molar-refractivity contribution in [1.82, 2.24) is 10.2 Å². The van der Waals surface area contributed by atoms with E-state index in [4.69, 9.17) is 0 Å². The van der Waals surface area contributed by atoms with E-state index in [1.807, 2.05) is 0 Å². The lowest BCUT2D eigenvalue weighted by atomic mass is 9.76. The van der Waals surface area contributed by atoms with Crippen LogP contribution in [0, 0.1) is 11.3 Å². The Labute approximate surface area is 94.4 Å². The fraction of sp³-hybridized carbons (Fsp3) is 1.00. The van der Waals surface area contributed by atoms with E-state index in [9.17, 15) is 0 Å². The van der Waals surface area contributed by atoms with Crippen molar-refractivity contribution in [3.63, 3.8) is 0 Å². The summed E-state index contributed by atoms with van der Waals surface area (Å²) in [6.07, 6.45) is 0. The van der Waals surface area contributed by atoms with Gasteiger partial charge < -0.3 is 5.32 Å². The Balaban J connectivity index is 2.20. The zero-order valence-electron chi connectivity index (χ0n) is 11.1. The van der Waals surface area contributed by atoms with Crippen molar-refractivity contribution in [2.24, 2.45) is 11.3 Å². The predicted octanol–water partition coefficient (Wildman–Crippen LogP) is 2.10. The maximum Gasteiger partial charge on any atom is 0.0275 e. The molecule has 0 aliphatic carbocycles. The average Bonchev–Trinajstić information content (AvgIpc) is 2.55. The van der Waals surface area contributed by atoms with Gasteiger partial charge in [-0.3, -0.25) is 4.90 Å². The second-order valence-electron chi connectivity index (χ2n) is 7.30. The Bertz CT molecular complexity index is 246. The lowest BCUT2D eigenvalue weighted by molar-refractivity contribution is 0.0849. The minimum atomic E-state index is 0.324. The van der Waals surface area contributed by atoms with Gasteiger partial charge in [-0.05, 0) is 32.1 Å². The van der Waals surface area contributed by atoms with Gasteiger partial charge in [0.2, 0.25) is 0 Å². The average molecular weight is 210 g/mol. The van der Waals surface area contributed by atoms with Gasteiger partial charge in [-0.1, -0.05) is 20.8 Å². The zero-order valence-corrected chi connectivity index (χ0v) is 11.1. The molecule has 0 radical (unpaired) electrons. The molecule has 0 aromatic rings. The Morgan fingerprint density at radius 2 is 1.67 bits per heavy atom. The Kier molecular flexibility index (Phi) is 2.44.